The molecule has 0 fully saturated rings. The van der Waals surface area contributed by atoms with Crippen molar-refractivity contribution in [3.63, 3.8) is 0 Å². The van der Waals surface area contributed by atoms with Crippen molar-refractivity contribution < 1.29 is 14.1 Å². The molecule has 0 atom stereocenters. The van der Waals surface area contributed by atoms with Crippen LogP contribution in [0.1, 0.15) is 31.1 Å². The van der Waals surface area contributed by atoms with Crippen molar-refractivity contribution in [3.05, 3.63) is 40.4 Å². The second-order valence-electron chi connectivity index (χ2n) is 5.41. The van der Waals surface area contributed by atoms with Gasteiger partial charge in [0.2, 0.25) is 0 Å². The third kappa shape index (κ3) is 2.96. The molecule has 106 valence electrons. The van der Waals surface area contributed by atoms with Crippen molar-refractivity contribution in [3.8, 4) is 11.4 Å². The highest BCUT2D eigenvalue weighted by molar-refractivity contribution is 5.90. The van der Waals surface area contributed by atoms with Crippen LogP contribution in [0.4, 0.5) is 0 Å². The summed E-state index contributed by atoms with van der Waals surface area (Å²) in [6, 6.07) is 6.64. The van der Waals surface area contributed by atoms with Crippen molar-refractivity contribution in [2.75, 3.05) is 0 Å². The third-order valence-electron chi connectivity index (χ3n) is 2.58. The zero-order valence-corrected chi connectivity index (χ0v) is 11.8. The lowest BCUT2D eigenvalue weighted by molar-refractivity contribution is 0.00696. The van der Waals surface area contributed by atoms with Crippen LogP contribution in [0, 0.1) is 0 Å². The van der Waals surface area contributed by atoms with E-state index in [1.807, 2.05) is 20.8 Å². The molecule has 0 amide bonds. The van der Waals surface area contributed by atoms with E-state index in [9.17, 15) is 9.59 Å². The van der Waals surface area contributed by atoms with E-state index in [0.717, 1.165) is 0 Å². The smallest absolute Gasteiger partial charge is 0.441 e. The molecule has 0 radical (unpaired) electrons. The Labute approximate surface area is 116 Å². The van der Waals surface area contributed by atoms with Gasteiger partial charge in [-0.05, 0) is 32.9 Å². The topological polar surface area (TPSA) is 74.3 Å². The minimum atomic E-state index is -0.536. The number of benzene rings is 1. The van der Waals surface area contributed by atoms with Gasteiger partial charge in [-0.15, -0.1) is 0 Å². The molecule has 2 rings (SSSR count). The predicted octanol–water partition coefficient (Wildman–Crippen LogP) is 2.00. The number of ether oxygens (including phenoxy) is 1. The van der Waals surface area contributed by atoms with Gasteiger partial charge in [-0.25, -0.2) is 9.59 Å². The van der Waals surface area contributed by atoms with Gasteiger partial charge in [0, 0.05) is 12.6 Å². The fourth-order valence-corrected chi connectivity index (χ4v) is 1.63. The van der Waals surface area contributed by atoms with Crippen LogP contribution in [-0.2, 0) is 11.8 Å². The fourth-order valence-electron chi connectivity index (χ4n) is 1.63. The molecule has 2 aromatic rings. The van der Waals surface area contributed by atoms with Crippen molar-refractivity contribution in [2.24, 2.45) is 7.05 Å². The first kappa shape index (κ1) is 14.0. The first-order valence-corrected chi connectivity index (χ1v) is 6.14. The molecule has 0 saturated carbocycles. The summed E-state index contributed by atoms with van der Waals surface area (Å²) in [5.74, 6) is -0.514. The molecule has 0 saturated heterocycles. The molecule has 0 aliphatic rings. The summed E-state index contributed by atoms with van der Waals surface area (Å²) in [6.07, 6.45) is 0. The standard InChI is InChI=1S/C14H16N2O4/c1-14(2,3)19-12(17)10-7-5-9(6-8-10)11-15-20-13(18)16(11)4/h5-8H,1-4H3. The maximum atomic E-state index is 11.9. The summed E-state index contributed by atoms with van der Waals surface area (Å²) < 4.78 is 11.1. The minimum Gasteiger partial charge on any atom is -0.456 e. The Morgan fingerprint density at radius 1 is 1.25 bits per heavy atom. The second kappa shape index (κ2) is 4.96. The maximum Gasteiger partial charge on any atom is 0.441 e. The molecule has 0 N–H and O–H groups in total. The Morgan fingerprint density at radius 3 is 2.30 bits per heavy atom. The molecule has 1 aromatic carbocycles. The maximum absolute atomic E-state index is 11.9. The molecule has 0 bridgehead atoms. The largest absolute Gasteiger partial charge is 0.456 e. The molecule has 6 nitrogen and oxygen atoms in total. The molecular formula is C14H16N2O4. The molecule has 20 heavy (non-hydrogen) atoms. The summed E-state index contributed by atoms with van der Waals surface area (Å²) >= 11 is 0. The Kier molecular flexibility index (Phi) is 3.48. The number of carbonyl (C=O) groups excluding carboxylic acids is 1. The molecule has 1 aromatic heterocycles. The number of nitrogens with zero attached hydrogens (tertiary/aromatic N) is 2. The predicted molar refractivity (Wildman–Crippen MR) is 72.3 cm³/mol. The summed E-state index contributed by atoms with van der Waals surface area (Å²) in [6.45, 7) is 5.43. The fraction of sp³-hybridized carbons (Fsp3) is 0.357. The summed E-state index contributed by atoms with van der Waals surface area (Å²) in [7, 11) is 1.57. The van der Waals surface area contributed by atoms with Crippen molar-refractivity contribution >= 4 is 5.97 Å². The lowest BCUT2D eigenvalue weighted by Crippen LogP contribution is -2.23. The van der Waals surface area contributed by atoms with E-state index in [-0.39, 0.29) is 0 Å². The van der Waals surface area contributed by atoms with Crippen LogP contribution in [-0.4, -0.2) is 21.3 Å². The lowest BCUT2D eigenvalue weighted by Gasteiger charge is -2.19. The molecule has 0 aliphatic carbocycles. The molecule has 0 aliphatic heterocycles. The normalized spacial score (nSPS) is 11.4. The van der Waals surface area contributed by atoms with Gasteiger partial charge in [0.1, 0.15) is 5.60 Å². The summed E-state index contributed by atoms with van der Waals surface area (Å²) in [5, 5.41) is 3.68. The highest BCUT2D eigenvalue weighted by atomic mass is 16.6. The Balaban J connectivity index is 2.25. The lowest BCUT2D eigenvalue weighted by atomic mass is 10.1. The zero-order chi connectivity index (χ0) is 14.9. The number of hydrogen-bond donors (Lipinski definition) is 0. The van der Waals surface area contributed by atoms with E-state index in [1.54, 1.807) is 31.3 Å². The Hall–Kier alpha value is -2.37. The summed E-state index contributed by atoms with van der Waals surface area (Å²) in [5.41, 5.74) is 0.592. The van der Waals surface area contributed by atoms with Gasteiger partial charge < -0.3 is 4.74 Å². The van der Waals surface area contributed by atoms with E-state index >= 15 is 0 Å². The van der Waals surface area contributed by atoms with Gasteiger partial charge >= 0.3 is 11.7 Å². The van der Waals surface area contributed by atoms with Gasteiger partial charge in [0.15, 0.2) is 5.82 Å². The number of hydrogen-bond acceptors (Lipinski definition) is 5. The number of carbonyl (C=O) groups is 1. The van der Waals surface area contributed by atoms with E-state index in [1.165, 1.54) is 4.57 Å². The van der Waals surface area contributed by atoms with Gasteiger partial charge in [-0.1, -0.05) is 17.3 Å². The average molecular weight is 276 g/mol. The number of esters is 1. The molecule has 6 heteroatoms. The molecule has 0 unspecified atom stereocenters. The van der Waals surface area contributed by atoms with Gasteiger partial charge in [0.25, 0.3) is 0 Å². The number of rotatable bonds is 2. The van der Waals surface area contributed by atoms with Crippen molar-refractivity contribution in [2.45, 2.75) is 26.4 Å². The van der Waals surface area contributed by atoms with Crippen LogP contribution in [0.25, 0.3) is 11.4 Å². The Bertz CT molecular complexity index is 674. The third-order valence-corrected chi connectivity index (χ3v) is 2.58. The van der Waals surface area contributed by atoms with Gasteiger partial charge in [0.05, 0.1) is 5.56 Å². The highest BCUT2D eigenvalue weighted by Gasteiger charge is 2.18. The van der Waals surface area contributed by atoms with E-state index in [4.69, 9.17) is 4.74 Å². The van der Waals surface area contributed by atoms with Gasteiger partial charge in [-0.3, -0.25) is 9.09 Å². The van der Waals surface area contributed by atoms with Gasteiger partial charge in [-0.2, -0.15) is 0 Å². The second-order valence-corrected chi connectivity index (χ2v) is 5.41. The van der Waals surface area contributed by atoms with Crippen LogP contribution in [0.15, 0.2) is 33.6 Å². The van der Waals surface area contributed by atoms with E-state index in [0.29, 0.717) is 17.0 Å². The van der Waals surface area contributed by atoms with Crippen LogP contribution in [0.2, 0.25) is 0 Å². The van der Waals surface area contributed by atoms with Crippen LogP contribution in [0.5, 0.6) is 0 Å². The van der Waals surface area contributed by atoms with E-state index in [2.05, 4.69) is 9.68 Å². The van der Waals surface area contributed by atoms with E-state index < -0.39 is 17.3 Å². The first-order chi connectivity index (χ1) is 9.28. The minimum absolute atomic E-state index is 0.391. The van der Waals surface area contributed by atoms with Crippen LogP contribution < -0.4 is 5.76 Å². The monoisotopic (exact) mass is 276 g/mol. The first-order valence-electron chi connectivity index (χ1n) is 6.14. The Morgan fingerprint density at radius 2 is 1.85 bits per heavy atom. The zero-order valence-electron chi connectivity index (χ0n) is 11.8. The van der Waals surface area contributed by atoms with Crippen molar-refractivity contribution in [1.82, 2.24) is 9.72 Å². The SMILES string of the molecule is Cn1c(-c2ccc(C(=O)OC(C)(C)C)cc2)noc1=O. The quantitative estimate of drug-likeness (QED) is 0.784. The van der Waals surface area contributed by atoms with Crippen molar-refractivity contribution in [1.29, 1.82) is 0 Å². The molecule has 1 heterocycles. The van der Waals surface area contributed by atoms with Crippen LogP contribution >= 0.6 is 0 Å². The molecular weight excluding hydrogens is 260 g/mol. The summed E-state index contributed by atoms with van der Waals surface area (Å²) in [4.78, 5) is 23.1. The highest BCUT2D eigenvalue weighted by Crippen LogP contribution is 2.18. The van der Waals surface area contributed by atoms with Crippen LogP contribution in [0.3, 0.4) is 0 Å². The number of aromatic nitrogens is 2. The average Bonchev–Trinajstić information content (AvgIpc) is 2.68. The molecule has 0 spiro atoms.